The van der Waals surface area contributed by atoms with Crippen LogP contribution in [-0.2, 0) is 0 Å². The maximum absolute atomic E-state index is 2.61. The fraction of sp³-hybridized carbons (Fsp3) is 0.619. The summed E-state index contributed by atoms with van der Waals surface area (Å²) in [5, 5.41) is 0. The molecule has 1 heteroatoms. The summed E-state index contributed by atoms with van der Waals surface area (Å²) in [6.07, 6.45) is 13.6. The molecule has 0 N–H and O–H groups in total. The van der Waals surface area contributed by atoms with E-state index >= 15 is 0 Å². The predicted molar refractivity (Wildman–Crippen MR) is 103 cm³/mol. The Morgan fingerprint density at radius 1 is 0.818 bits per heavy atom. The van der Waals surface area contributed by atoms with Crippen molar-refractivity contribution in [1.82, 2.24) is 0 Å². The second-order valence-corrected chi connectivity index (χ2v) is 21.0. The van der Waals surface area contributed by atoms with Crippen LogP contribution in [0.1, 0.15) is 74.4 Å². The Morgan fingerprint density at radius 3 is 1.91 bits per heavy atom. The van der Waals surface area contributed by atoms with Gasteiger partial charge in [0.1, 0.15) is 0 Å². The molecule has 1 atom stereocenters. The Labute approximate surface area is 142 Å². The van der Waals surface area contributed by atoms with Crippen molar-refractivity contribution in [3.63, 3.8) is 0 Å². The van der Waals surface area contributed by atoms with Gasteiger partial charge in [-0.25, -0.2) is 0 Å². The molecule has 0 nitrogen and oxygen atoms in total. The molecule has 122 valence electrons. The van der Waals surface area contributed by atoms with Gasteiger partial charge in [0.25, 0.3) is 0 Å². The minimum absolute atomic E-state index is 0.857. The van der Waals surface area contributed by atoms with Gasteiger partial charge in [0.05, 0.1) is 0 Å². The SMILES string of the molecule is CCC[CH2][Sn]([CH2]CCC)([CH2]CCC)[CH]1C=Cc2ccccc21. The third kappa shape index (κ3) is 4.19. The van der Waals surface area contributed by atoms with Gasteiger partial charge in [0.15, 0.2) is 0 Å². The van der Waals surface area contributed by atoms with Gasteiger partial charge < -0.3 is 0 Å². The van der Waals surface area contributed by atoms with Gasteiger partial charge in [-0.2, -0.15) is 0 Å². The van der Waals surface area contributed by atoms with Crippen LogP contribution in [0.2, 0.25) is 13.3 Å². The summed E-state index contributed by atoms with van der Waals surface area (Å²) in [5.41, 5.74) is 3.19. The Morgan fingerprint density at radius 2 is 1.36 bits per heavy atom. The summed E-state index contributed by atoms with van der Waals surface area (Å²) >= 11 is -2.16. The molecule has 1 aromatic rings. The third-order valence-electron chi connectivity index (χ3n) is 5.54. The first kappa shape index (κ1) is 18.1. The molecule has 1 aliphatic carbocycles. The van der Waals surface area contributed by atoms with Crippen LogP contribution in [-0.4, -0.2) is 18.4 Å². The molecule has 0 spiro atoms. The van der Waals surface area contributed by atoms with E-state index in [4.69, 9.17) is 0 Å². The monoisotopic (exact) mass is 406 g/mol. The summed E-state index contributed by atoms with van der Waals surface area (Å²) in [6, 6.07) is 9.21. The van der Waals surface area contributed by atoms with Gasteiger partial charge in [-0.15, -0.1) is 0 Å². The van der Waals surface area contributed by atoms with E-state index in [1.54, 1.807) is 18.9 Å². The molecule has 0 heterocycles. The number of fused-ring (bicyclic) bond motifs is 1. The van der Waals surface area contributed by atoms with Crippen LogP contribution in [0.25, 0.3) is 6.08 Å². The van der Waals surface area contributed by atoms with E-state index < -0.39 is 18.4 Å². The number of hydrogen-bond acceptors (Lipinski definition) is 0. The number of allylic oxidation sites excluding steroid dienone is 1. The summed E-state index contributed by atoms with van der Waals surface area (Å²) in [4.78, 5) is 0. The normalized spacial score (nSPS) is 17.0. The Balaban J connectivity index is 2.30. The summed E-state index contributed by atoms with van der Waals surface area (Å²) < 4.78 is 5.67. The number of rotatable bonds is 10. The third-order valence-corrected chi connectivity index (χ3v) is 22.3. The van der Waals surface area contributed by atoms with Crippen molar-refractivity contribution >= 4 is 24.5 Å². The van der Waals surface area contributed by atoms with Crippen LogP contribution in [0.4, 0.5) is 0 Å². The average molecular weight is 405 g/mol. The Hall–Kier alpha value is -0.241. The van der Waals surface area contributed by atoms with Gasteiger partial charge in [-0.3, -0.25) is 0 Å². The molecular formula is C21H34Sn. The molecule has 0 aliphatic heterocycles. The van der Waals surface area contributed by atoms with E-state index in [1.165, 1.54) is 44.1 Å². The van der Waals surface area contributed by atoms with Crippen molar-refractivity contribution in [2.45, 2.75) is 76.5 Å². The van der Waals surface area contributed by atoms with Crippen molar-refractivity contribution in [1.29, 1.82) is 0 Å². The van der Waals surface area contributed by atoms with E-state index in [2.05, 4.69) is 57.2 Å². The first-order valence-electron chi connectivity index (χ1n) is 9.54. The number of benzene rings is 1. The molecule has 0 amide bonds. The van der Waals surface area contributed by atoms with Crippen LogP contribution < -0.4 is 0 Å². The van der Waals surface area contributed by atoms with Gasteiger partial charge in [0, 0.05) is 0 Å². The molecule has 0 fully saturated rings. The van der Waals surface area contributed by atoms with Crippen molar-refractivity contribution in [2.75, 3.05) is 0 Å². The van der Waals surface area contributed by atoms with Crippen molar-refractivity contribution < 1.29 is 0 Å². The fourth-order valence-corrected chi connectivity index (χ4v) is 22.1. The standard InChI is InChI=1S/C9H7.3C4H9.Sn/c1-2-5-9-7-3-6-8(9)4-1;3*1-3-4-2;/h1-7H;3*1,3-4H2,2H3;. The van der Waals surface area contributed by atoms with E-state index in [0.29, 0.717) is 0 Å². The molecule has 1 aromatic carbocycles. The first-order valence-corrected chi connectivity index (χ1v) is 17.2. The van der Waals surface area contributed by atoms with E-state index in [1.807, 2.05) is 0 Å². The van der Waals surface area contributed by atoms with Crippen LogP contribution in [0.5, 0.6) is 0 Å². The zero-order valence-corrected chi connectivity index (χ0v) is 17.8. The maximum atomic E-state index is 2.61. The van der Waals surface area contributed by atoms with Crippen LogP contribution in [0.3, 0.4) is 0 Å². The van der Waals surface area contributed by atoms with E-state index in [-0.39, 0.29) is 0 Å². The van der Waals surface area contributed by atoms with Crippen molar-refractivity contribution in [3.05, 3.63) is 41.5 Å². The fourth-order valence-electron chi connectivity index (χ4n) is 4.21. The molecule has 0 saturated heterocycles. The predicted octanol–water partition coefficient (Wildman–Crippen LogP) is 7.19. The summed E-state index contributed by atoms with van der Waals surface area (Å²) in [5.74, 6) is 0. The van der Waals surface area contributed by atoms with Gasteiger partial charge in [-0.05, 0) is 0 Å². The van der Waals surface area contributed by atoms with Gasteiger partial charge in [0.2, 0.25) is 0 Å². The van der Waals surface area contributed by atoms with Crippen molar-refractivity contribution in [2.24, 2.45) is 0 Å². The molecule has 2 rings (SSSR count). The number of hydrogen-bond donors (Lipinski definition) is 0. The van der Waals surface area contributed by atoms with Crippen LogP contribution >= 0.6 is 0 Å². The van der Waals surface area contributed by atoms with Gasteiger partial charge in [-0.1, -0.05) is 0 Å². The minimum atomic E-state index is -2.16. The molecule has 1 unspecified atom stereocenters. The second-order valence-electron chi connectivity index (χ2n) is 7.14. The van der Waals surface area contributed by atoms with Crippen LogP contribution in [0, 0.1) is 0 Å². The average Bonchev–Trinajstić information content (AvgIpc) is 2.99. The molecule has 0 radical (unpaired) electrons. The zero-order chi connectivity index (χ0) is 15.8. The Bertz CT molecular complexity index is 453. The quantitative estimate of drug-likeness (QED) is 0.362. The first-order chi connectivity index (χ1) is 10.8. The molecular weight excluding hydrogens is 371 g/mol. The summed E-state index contributed by atoms with van der Waals surface area (Å²) in [7, 11) is 0. The van der Waals surface area contributed by atoms with Gasteiger partial charge >= 0.3 is 142 Å². The molecule has 22 heavy (non-hydrogen) atoms. The Kier molecular flexibility index (Phi) is 7.53. The molecule has 0 aromatic heterocycles. The second kappa shape index (κ2) is 9.15. The van der Waals surface area contributed by atoms with Crippen LogP contribution in [0.15, 0.2) is 30.3 Å². The van der Waals surface area contributed by atoms with E-state index in [9.17, 15) is 0 Å². The molecule has 1 aliphatic rings. The topological polar surface area (TPSA) is 0 Å². The van der Waals surface area contributed by atoms with Crippen molar-refractivity contribution in [3.8, 4) is 0 Å². The molecule has 0 saturated carbocycles. The molecule has 0 bridgehead atoms. The summed E-state index contributed by atoms with van der Waals surface area (Å²) in [6.45, 7) is 7.11. The number of unbranched alkanes of at least 4 members (excludes halogenated alkanes) is 3. The zero-order valence-electron chi connectivity index (χ0n) is 14.9. The van der Waals surface area contributed by atoms with E-state index in [0.717, 1.165) is 3.93 Å².